The number of benzene rings is 1. The number of halogens is 1. The zero-order valence-electron chi connectivity index (χ0n) is 10.5. The number of hydrogen-bond acceptors (Lipinski definition) is 4. The summed E-state index contributed by atoms with van der Waals surface area (Å²) >= 11 is 0. The van der Waals surface area contributed by atoms with Crippen molar-refractivity contribution in [2.45, 2.75) is 0 Å². The van der Waals surface area contributed by atoms with Crippen LogP contribution < -0.4 is 4.90 Å². The van der Waals surface area contributed by atoms with E-state index in [4.69, 9.17) is 10.4 Å². The fourth-order valence-corrected chi connectivity index (χ4v) is 1.71. The van der Waals surface area contributed by atoms with Crippen LogP contribution >= 0.6 is 0 Å². The molecule has 20 heavy (non-hydrogen) atoms. The van der Waals surface area contributed by atoms with E-state index in [1.54, 1.807) is 31.3 Å². The Morgan fingerprint density at radius 3 is 2.55 bits per heavy atom. The number of aromatic carboxylic acids is 1. The number of carboxylic acid groups (broad SMARTS) is 1. The molecule has 0 atom stereocenters. The predicted octanol–water partition coefficient (Wildman–Crippen LogP) is 2.56. The molecule has 0 fully saturated rings. The molecule has 1 heterocycles. The minimum absolute atomic E-state index is 0.0883. The zero-order valence-corrected chi connectivity index (χ0v) is 10.5. The number of carbonyl (C=O) groups is 1. The molecule has 0 saturated heterocycles. The van der Waals surface area contributed by atoms with Gasteiger partial charge in [-0.25, -0.2) is 14.2 Å². The summed E-state index contributed by atoms with van der Waals surface area (Å²) < 4.78 is 14.1. The third kappa shape index (κ3) is 2.42. The molecule has 0 aliphatic carbocycles. The van der Waals surface area contributed by atoms with Crippen LogP contribution in [0.15, 0.2) is 36.5 Å². The molecule has 0 aliphatic rings. The van der Waals surface area contributed by atoms with E-state index < -0.39 is 17.3 Å². The van der Waals surface area contributed by atoms with Crippen molar-refractivity contribution in [2.24, 2.45) is 0 Å². The second-order valence-electron chi connectivity index (χ2n) is 4.02. The topological polar surface area (TPSA) is 77.2 Å². The average Bonchev–Trinajstić information content (AvgIpc) is 2.46. The van der Waals surface area contributed by atoms with Gasteiger partial charge in [-0.1, -0.05) is 0 Å². The quantitative estimate of drug-likeness (QED) is 0.928. The summed E-state index contributed by atoms with van der Waals surface area (Å²) in [7, 11) is 1.57. The lowest BCUT2D eigenvalue weighted by molar-refractivity contribution is 0.0692. The minimum atomic E-state index is -1.35. The van der Waals surface area contributed by atoms with Crippen molar-refractivity contribution >= 4 is 17.5 Å². The lowest BCUT2D eigenvalue weighted by atomic mass is 10.2. The first kappa shape index (κ1) is 13.5. The van der Waals surface area contributed by atoms with Gasteiger partial charge >= 0.3 is 5.97 Å². The van der Waals surface area contributed by atoms with Crippen LogP contribution in [0, 0.1) is 17.1 Å². The van der Waals surface area contributed by atoms with Crippen molar-refractivity contribution in [3.05, 3.63) is 53.5 Å². The van der Waals surface area contributed by atoms with Gasteiger partial charge in [-0.2, -0.15) is 5.26 Å². The number of aromatic nitrogens is 1. The van der Waals surface area contributed by atoms with Gasteiger partial charge < -0.3 is 10.0 Å². The van der Waals surface area contributed by atoms with Gasteiger partial charge in [-0.15, -0.1) is 0 Å². The molecule has 1 aromatic carbocycles. The molecule has 0 unspecified atom stereocenters. The maximum atomic E-state index is 14.1. The van der Waals surface area contributed by atoms with Crippen molar-refractivity contribution in [3.63, 3.8) is 0 Å². The molecule has 2 aromatic rings. The normalized spacial score (nSPS) is 9.85. The molecule has 0 saturated carbocycles. The second-order valence-corrected chi connectivity index (χ2v) is 4.02. The monoisotopic (exact) mass is 271 g/mol. The summed E-state index contributed by atoms with van der Waals surface area (Å²) in [6.45, 7) is 0. The third-order valence-electron chi connectivity index (χ3n) is 2.80. The highest BCUT2D eigenvalue weighted by molar-refractivity contribution is 5.89. The first-order valence-corrected chi connectivity index (χ1v) is 5.66. The molecule has 0 aliphatic heterocycles. The fraction of sp³-hybridized carbons (Fsp3) is 0.0714. The van der Waals surface area contributed by atoms with Gasteiger partial charge in [0.2, 0.25) is 0 Å². The second kappa shape index (κ2) is 5.36. The summed E-state index contributed by atoms with van der Waals surface area (Å²) in [6, 6.07) is 9.53. The average molecular weight is 271 g/mol. The highest BCUT2D eigenvalue weighted by atomic mass is 19.1. The van der Waals surface area contributed by atoms with Gasteiger partial charge in [0.05, 0.1) is 11.6 Å². The van der Waals surface area contributed by atoms with E-state index >= 15 is 0 Å². The largest absolute Gasteiger partial charge is 0.478 e. The van der Waals surface area contributed by atoms with Gasteiger partial charge in [-0.3, -0.25) is 0 Å². The van der Waals surface area contributed by atoms with Crippen molar-refractivity contribution in [1.82, 2.24) is 4.98 Å². The summed E-state index contributed by atoms with van der Waals surface area (Å²) in [5, 5.41) is 17.6. The Labute approximate surface area is 114 Å². The van der Waals surface area contributed by atoms with Crippen LogP contribution in [0.25, 0.3) is 0 Å². The molecule has 0 amide bonds. The maximum absolute atomic E-state index is 14.1. The highest BCUT2D eigenvalue weighted by Gasteiger charge is 2.18. The summed E-state index contributed by atoms with van der Waals surface area (Å²) in [6.07, 6.45) is 1.24. The van der Waals surface area contributed by atoms with E-state index in [1.807, 2.05) is 6.07 Å². The fourth-order valence-electron chi connectivity index (χ4n) is 1.71. The molecular weight excluding hydrogens is 261 g/mol. The minimum Gasteiger partial charge on any atom is -0.478 e. The Bertz CT molecular complexity index is 693. The standard InChI is InChI=1S/C14H10FN3O2/c1-18(10-4-2-9(8-16)3-5-10)13-12(15)11(14(19)20)6-7-17-13/h2-7H,1H3,(H,19,20). The van der Waals surface area contributed by atoms with Crippen molar-refractivity contribution < 1.29 is 14.3 Å². The highest BCUT2D eigenvalue weighted by Crippen LogP contribution is 2.25. The van der Waals surface area contributed by atoms with E-state index in [1.165, 1.54) is 11.1 Å². The van der Waals surface area contributed by atoms with E-state index in [2.05, 4.69) is 4.98 Å². The van der Waals surface area contributed by atoms with Gasteiger partial charge in [-0.05, 0) is 30.3 Å². The molecule has 100 valence electrons. The molecular formula is C14H10FN3O2. The van der Waals surface area contributed by atoms with E-state index in [0.29, 0.717) is 11.3 Å². The van der Waals surface area contributed by atoms with Gasteiger partial charge in [0.25, 0.3) is 0 Å². The number of nitrogens with zero attached hydrogens (tertiary/aromatic N) is 3. The first-order chi connectivity index (χ1) is 9.54. The Morgan fingerprint density at radius 1 is 1.35 bits per heavy atom. The SMILES string of the molecule is CN(c1ccc(C#N)cc1)c1nccc(C(=O)O)c1F. The molecule has 0 bridgehead atoms. The number of carboxylic acids is 1. The maximum Gasteiger partial charge on any atom is 0.338 e. The van der Waals surface area contributed by atoms with Gasteiger partial charge in [0.15, 0.2) is 11.6 Å². The lowest BCUT2D eigenvalue weighted by Crippen LogP contribution is -2.15. The lowest BCUT2D eigenvalue weighted by Gasteiger charge is -2.19. The molecule has 1 aromatic heterocycles. The van der Waals surface area contributed by atoms with Crippen LogP contribution in [-0.2, 0) is 0 Å². The molecule has 0 radical (unpaired) electrons. The Hall–Kier alpha value is -2.94. The van der Waals surface area contributed by atoms with Crippen LogP contribution in [0.4, 0.5) is 15.9 Å². The van der Waals surface area contributed by atoms with Crippen LogP contribution in [-0.4, -0.2) is 23.1 Å². The Kier molecular flexibility index (Phi) is 3.62. The summed E-state index contributed by atoms with van der Waals surface area (Å²) in [5.41, 5.74) is 0.642. The first-order valence-electron chi connectivity index (χ1n) is 5.66. The smallest absolute Gasteiger partial charge is 0.338 e. The molecule has 2 rings (SSSR count). The third-order valence-corrected chi connectivity index (χ3v) is 2.80. The Morgan fingerprint density at radius 2 is 2.00 bits per heavy atom. The van der Waals surface area contributed by atoms with Crippen LogP contribution in [0.5, 0.6) is 0 Å². The number of rotatable bonds is 3. The molecule has 5 nitrogen and oxygen atoms in total. The van der Waals surface area contributed by atoms with E-state index in [9.17, 15) is 9.18 Å². The van der Waals surface area contributed by atoms with Crippen molar-refractivity contribution in [1.29, 1.82) is 5.26 Å². The molecule has 6 heteroatoms. The van der Waals surface area contributed by atoms with Crippen LogP contribution in [0.2, 0.25) is 0 Å². The van der Waals surface area contributed by atoms with Gasteiger partial charge in [0.1, 0.15) is 5.56 Å². The molecule has 0 spiro atoms. The van der Waals surface area contributed by atoms with Crippen LogP contribution in [0.1, 0.15) is 15.9 Å². The zero-order chi connectivity index (χ0) is 14.7. The number of nitriles is 1. The van der Waals surface area contributed by atoms with E-state index in [-0.39, 0.29) is 5.82 Å². The van der Waals surface area contributed by atoms with Gasteiger partial charge in [0, 0.05) is 18.9 Å². The predicted molar refractivity (Wildman–Crippen MR) is 70.4 cm³/mol. The van der Waals surface area contributed by atoms with E-state index in [0.717, 1.165) is 6.07 Å². The number of anilines is 2. The van der Waals surface area contributed by atoms with Crippen LogP contribution in [0.3, 0.4) is 0 Å². The van der Waals surface area contributed by atoms with Crippen molar-refractivity contribution in [3.8, 4) is 6.07 Å². The van der Waals surface area contributed by atoms with Crippen molar-refractivity contribution in [2.75, 3.05) is 11.9 Å². The number of pyridine rings is 1. The summed E-state index contributed by atoms with van der Waals surface area (Å²) in [5.74, 6) is -2.33. The number of hydrogen-bond donors (Lipinski definition) is 1. The summed E-state index contributed by atoms with van der Waals surface area (Å²) in [4.78, 5) is 16.2. The Balaban J connectivity index is 2.43. The molecule has 1 N–H and O–H groups in total.